The van der Waals surface area contributed by atoms with Crippen LogP contribution in [0.25, 0.3) is 0 Å². The van der Waals surface area contributed by atoms with E-state index >= 15 is 0 Å². The molecule has 0 aliphatic heterocycles. The van der Waals surface area contributed by atoms with Gasteiger partial charge in [0.05, 0.1) is 11.1 Å². The highest BCUT2D eigenvalue weighted by Gasteiger charge is 2.01. The highest BCUT2D eigenvalue weighted by molar-refractivity contribution is 9.10. The number of ether oxygens (including phenoxy) is 1. The van der Waals surface area contributed by atoms with Crippen molar-refractivity contribution in [2.24, 2.45) is 0 Å². The number of thioether (sulfide) groups is 1. The van der Waals surface area contributed by atoms with E-state index < -0.39 is 0 Å². The third kappa shape index (κ3) is 3.67. The van der Waals surface area contributed by atoms with Crippen LogP contribution in [0, 0.1) is 6.92 Å². The third-order valence-corrected chi connectivity index (χ3v) is 3.31. The van der Waals surface area contributed by atoms with E-state index in [1.165, 1.54) is 5.56 Å². The summed E-state index contributed by atoms with van der Waals surface area (Å²) in [4.78, 5) is 4.31. The lowest BCUT2D eigenvalue weighted by Crippen LogP contribution is -1.93. The van der Waals surface area contributed by atoms with Gasteiger partial charge in [0, 0.05) is 19.1 Å². The molecule has 0 unspecified atom stereocenters. The first-order valence-electron chi connectivity index (χ1n) is 3.98. The molecule has 0 aromatic carbocycles. The summed E-state index contributed by atoms with van der Waals surface area (Å²) in [7, 11) is 1.71. The number of hydrogen-bond acceptors (Lipinski definition) is 3. The van der Waals surface area contributed by atoms with Crippen LogP contribution in [0.4, 0.5) is 0 Å². The minimum absolute atomic E-state index is 0.757. The largest absolute Gasteiger partial charge is 0.384 e. The van der Waals surface area contributed by atoms with Gasteiger partial charge in [-0.2, -0.15) is 0 Å². The molecule has 72 valence electrons. The Bertz CT molecular complexity index is 280. The summed E-state index contributed by atoms with van der Waals surface area (Å²) in [5.41, 5.74) is 1.17. The minimum atomic E-state index is 0.757. The van der Waals surface area contributed by atoms with Crippen LogP contribution >= 0.6 is 27.7 Å². The van der Waals surface area contributed by atoms with Gasteiger partial charge in [0.1, 0.15) is 5.03 Å². The molecule has 1 aromatic rings. The maximum absolute atomic E-state index is 4.96. The molecule has 0 fully saturated rings. The van der Waals surface area contributed by atoms with Gasteiger partial charge in [-0.25, -0.2) is 4.98 Å². The molecule has 0 N–H and O–H groups in total. The lowest BCUT2D eigenvalue weighted by Gasteiger charge is -2.03. The SMILES string of the molecule is COCCSc1ncc(C)cc1Br. The van der Waals surface area contributed by atoms with Crippen LogP contribution in [0.5, 0.6) is 0 Å². The molecule has 0 saturated heterocycles. The summed E-state index contributed by atoms with van der Waals surface area (Å²) in [6.07, 6.45) is 1.87. The maximum atomic E-state index is 4.96. The molecule has 0 amide bonds. The van der Waals surface area contributed by atoms with Gasteiger partial charge >= 0.3 is 0 Å². The zero-order chi connectivity index (χ0) is 9.68. The quantitative estimate of drug-likeness (QED) is 0.615. The fraction of sp³-hybridized carbons (Fsp3) is 0.444. The number of methoxy groups -OCH3 is 1. The van der Waals surface area contributed by atoms with Crippen LogP contribution in [0.15, 0.2) is 21.8 Å². The molecule has 2 nitrogen and oxygen atoms in total. The number of pyridine rings is 1. The summed E-state index contributed by atoms with van der Waals surface area (Å²) in [6, 6.07) is 2.07. The Kier molecular flexibility index (Phi) is 4.77. The van der Waals surface area contributed by atoms with Crippen LogP contribution < -0.4 is 0 Å². The Balaban J connectivity index is 2.56. The molecule has 0 spiro atoms. The van der Waals surface area contributed by atoms with Crippen molar-refractivity contribution in [2.75, 3.05) is 19.5 Å². The van der Waals surface area contributed by atoms with E-state index in [0.29, 0.717) is 0 Å². The maximum Gasteiger partial charge on any atom is 0.110 e. The Morgan fingerprint density at radius 3 is 3.00 bits per heavy atom. The average Bonchev–Trinajstić information content (AvgIpc) is 2.09. The molecule has 0 saturated carbocycles. The summed E-state index contributed by atoms with van der Waals surface area (Å²) >= 11 is 5.17. The Labute approximate surface area is 91.2 Å². The molecule has 0 bridgehead atoms. The van der Waals surface area contributed by atoms with Crippen molar-refractivity contribution in [3.63, 3.8) is 0 Å². The predicted octanol–water partition coefficient (Wildman–Crippen LogP) is 2.89. The van der Waals surface area contributed by atoms with Crippen molar-refractivity contribution >= 4 is 27.7 Å². The molecule has 4 heteroatoms. The van der Waals surface area contributed by atoms with Crippen molar-refractivity contribution in [2.45, 2.75) is 11.9 Å². The molecule has 1 rings (SSSR count). The van der Waals surface area contributed by atoms with E-state index in [0.717, 1.165) is 21.9 Å². The van der Waals surface area contributed by atoms with E-state index in [-0.39, 0.29) is 0 Å². The molecular formula is C9H12BrNOS. The fourth-order valence-electron chi connectivity index (χ4n) is 0.849. The monoisotopic (exact) mass is 261 g/mol. The number of hydrogen-bond donors (Lipinski definition) is 0. The second kappa shape index (κ2) is 5.62. The van der Waals surface area contributed by atoms with Gasteiger partial charge in [0.15, 0.2) is 0 Å². The van der Waals surface area contributed by atoms with E-state index in [2.05, 4.69) is 27.0 Å². The Morgan fingerprint density at radius 1 is 1.62 bits per heavy atom. The number of halogens is 1. The molecule has 0 atom stereocenters. The van der Waals surface area contributed by atoms with Crippen LogP contribution in [0.1, 0.15) is 5.56 Å². The molecule has 13 heavy (non-hydrogen) atoms. The average molecular weight is 262 g/mol. The number of nitrogens with zero attached hydrogens (tertiary/aromatic N) is 1. The first-order chi connectivity index (χ1) is 6.24. The van der Waals surface area contributed by atoms with E-state index in [1.54, 1.807) is 18.9 Å². The fourth-order valence-corrected chi connectivity index (χ4v) is 2.42. The number of aryl methyl sites for hydroxylation is 1. The van der Waals surface area contributed by atoms with Gasteiger partial charge in [-0.15, -0.1) is 11.8 Å². The number of rotatable bonds is 4. The van der Waals surface area contributed by atoms with E-state index in [1.807, 2.05) is 13.1 Å². The van der Waals surface area contributed by atoms with Crippen molar-refractivity contribution in [1.82, 2.24) is 4.98 Å². The summed E-state index contributed by atoms with van der Waals surface area (Å²) < 4.78 is 6.03. The van der Waals surface area contributed by atoms with Gasteiger partial charge in [-0.3, -0.25) is 0 Å². The van der Waals surface area contributed by atoms with Gasteiger partial charge in [0.25, 0.3) is 0 Å². The molecule has 0 radical (unpaired) electrons. The second-order valence-corrected chi connectivity index (χ2v) is 4.58. The molecule has 1 aromatic heterocycles. The van der Waals surface area contributed by atoms with Crippen molar-refractivity contribution in [3.05, 3.63) is 22.3 Å². The standard InChI is InChI=1S/C9H12BrNOS/c1-7-5-8(10)9(11-6-7)13-4-3-12-2/h5-6H,3-4H2,1-2H3. The number of aromatic nitrogens is 1. The van der Waals surface area contributed by atoms with Crippen molar-refractivity contribution in [3.8, 4) is 0 Å². The highest BCUT2D eigenvalue weighted by atomic mass is 79.9. The smallest absolute Gasteiger partial charge is 0.110 e. The normalized spacial score (nSPS) is 10.4. The second-order valence-electron chi connectivity index (χ2n) is 2.64. The summed E-state index contributed by atoms with van der Waals surface area (Å²) in [6.45, 7) is 2.79. The molecular weight excluding hydrogens is 250 g/mol. The predicted molar refractivity (Wildman–Crippen MR) is 59.3 cm³/mol. The van der Waals surface area contributed by atoms with Gasteiger partial charge < -0.3 is 4.74 Å². The molecule has 0 aliphatic rings. The minimum Gasteiger partial charge on any atom is -0.384 e. The van der Waals surface area contributed by atoms with Crippen LogP contribution in [-0.4, -0.2) is 24.5 Å². The van der Waals surface area contributed by atoms with Gasteiger partial charge in [0.2, 0.25) is 0 Å². The van der Waals surface area contributed by atoms with E-state index in [9.17, 15) is 0 Å². The summed E-state index contributed by atoms with van der Waals surface area (Å²) in [5.74, 6) is 0.936. The lowest BCUT2D eigenvalue weighted by molar-refractivity contribution is 0.218. The third-order valence-electron chi connectivity index (χ3n) is 1.47. The van der Waals surface area contributed by atoms with Gasteiger partial charge in [-0.05, 0) is 34.5 Å². The zero-order valence-corrected chi connectivity index (χ0v) is 10.1. The Hall–Kier alpha value is -0.0600. The Morgan fingerprint density at radius 2 is 2.38 bits per heavy atom. The lowest BCUT2D eigenvalue weighted by atomic mass is 10.3. The first kappa shape index (κ1) is 11.0. The van der Waals surface area contributed by atoms with Crippen molar-refractivity contribution < 1.29 is 4.74 Å². The summed E-state index contributed by atoms with van der Waals surface area (Å²) in [5, 5.41) is 1.03. The van der Waals surface area contributed by atoms with Crippen LogP contribution in [0.2, 0.25) is 0 Å². The van der Waals surface area contributed by atoms with Crippen LogP contribution in [-0.2, 0) is 4.74 Å². The zero-order valence-electron chi connectivity index (χ0n) is 7.71. The molecule has 1 heterocycles. The molecule has 0 aliphatic carbocycles. The van der Waals surface area contributed by atoms with Crippen molar-refractivity contribution in [1.29, 1.82) is 0 Å². The topological polar surface area (TPSA) is 22.1 Å². The van der Waals surface area contributed by atoms with E-state index in [4.69, 9.17) is 4.74 Å². The first-order valence-corrected chi connectivity index (χ1v) is 5.76. The van der Waals surface area contributed by atoms with Gasteiger partial charge in [-0.1, -0.05) is 0 Å². The van der Waals surface area contributed by atoms with Crippen LogP contribution in [0.3, 0.4) is 0 Å². The highest BCUT2D eigenvalue weighted by Crippen LogP contribution is 2.25.